The number of benzene rings is 1. The zero-order valence-electron chi connectivity index (χ0n) is 13.1. The van der Waals surface area contributed by atoms with Crippen molar-refractivity contribution in [3.8, 4) is 11.3 Å². The van der Waals surface area contributed by atoms with Crippen LogP contribution in [0.3, 0.4) is 0 Å². The fraction of sp³-hybridized carbons (Fsp3) is 0.111. The first-order valence-electron chi connectivity index (χ1n) is 7.49. The third kappa shape index (κ3) is 3.38. The molecule has 0 aliphatic rings. The van der Waals surface area contributed by atoms with Gasteiger partial charge in [-0.2, -0.15) is 0 Å². The molecule has 0 unspecified atom stereocenters. The number of nitro groups is 1. The van der Waals surface area contributed by atoms with Crippen molar-refractivity contribution in [2.45, 2.75) is 13.5 Å². The normalized spacial score (nSPS) is 10.4. The van der Waals surface area contributed by atoms with Crippen LogP contribution in [0.2, 0.25) is 0 Å². The predicted molar refractivity (Wildman–Crippen MR) is 92.6 cm³/mol. The molecule has 0 aliphatic carbocycles. The molecule has 2 aromatic heterocycles. The van der Waals surface area contributed by atoms with Crippen molar-refractivity contribution in [2.24, 2.45) is 0 Å². The summed E-state index contributed by atoms with van der Waals surface area (Å²) in [6.07, 6.45) is 3.54. The summed E-state index contributed by atoms with van der Waals surface area (Å²) in [6, 6.07) is 14.2. The van der Waals surface area contributed by atoms with Crippen molar-refractivity contribution in [1.82, 2.24) is 9.97 Å². The first-order chi connectivity index (χ1) is 11.6. The van der Waals surface area contributed by atoms with Crippen LogP contribution in [0.25, 0.3) is 11.3 Å². The van der Waals surface area contributed by atoms with E-state index in [9.17, 15) is 10.1 Å². The number of nitrogens with one attached hydrogen (secondary N) is 1. The van der Waals surface area contributed by atoms with Gasteiger partial charge in [0.05, 0.1) is 4.92 Å². The van der Waals surface area contributed by atoms with E-state index in [4.69, 9.17) is 0 Å². The molecule has 1 N–H and O–H groups in total. The number of aromatic nitrogens is 2. The fourth-order valence-corrected chi connectivity index (χ4v) is 2.39. The Hall–Kier alpha value is -3.28. The molecule has 0 radical (unpaired) electrons. The monoisotopic (exact) mass is 320 g/mol. The first-order valence-corrected chi connectivity index (χ1v) is 7.49. The standard InChI is InChI=1S/C18H16N4O2/c1-13-11-19-10-9-15(13)12-20-17-8-7-16(22(23)24)18(21-17)14-5-3-2-4-6-14/h2-11H,12H2,1H3,(H,20,21). The summed E-state index contributed by atoms with van der Waals surface area (Å²) >= 11 is 0. The summed E-state index contributed by atoms with van der Waals surface area (Å²) in [4.78, 5) is 19.4. The Balaban J connectivity index is 1.90. The molecule has 0 saturated carbocycles. The summed E-state index contributed by atoms with van der Waals surface area (Å²) in [5, 5.41) is 14.5. The number of rotatable bonds is 5. The van der Waals surface area contributed by atoms with Crippen molar-refractivity contribution in [1.29, 1.82) is 0 Å². The summed E-state index contributed by atoms with van der Waals surface area (Å²) in [5.41, 5.74) is 3.25. The number of hydrogen-bond acceptors (Lipinski definition) is 5. The zero-order chi connectivity index (χ0) is 16.9. The molecule has 6 heteroatoms. The minimum atomic E-state index is -0.411. The van der Waals surface area contributed by atoms with Crippen molar-refractivity contribution in [3.05, 3.63) is 82.2 Å². The summed E-state index contributed by atoms with van der Waals surface area (Å²) in [7, 11) is 0. The molecule has 0 amide bonds. The average Bonchev–Trinajstić information content (AvgIpc) is 2.61. The minimum absolute atomic E-state index is 0.00755. The van der Waals surface area contributed by atoms with Gasteiger partial charge in [-0.3, -0.25) is 15.1 Å². The quantitative estimate of drug-likeness (QED) is 0.568. The van der Waals surface area contributed by atoms with Crippen LogP contribution >= 0.6 is 0 Å². The third-order valence-corrected chi connectivity index (χ3v) is 3.71. The Kier molecular flexibility index (Phi) is 4.47. The molecule has 24 heavy (non-hydrogen) atoms. The minimum Gasteiger partial charge on any atom is -0.366 e. The fourth-order valence-electron chi connectivity index (χ4n) is 2.39. The molecule has 0 atom stereocenters. The van der Waals surface area contributed by atoms with Crippen molar-refractivity contribution < 1.29 is 4.92 Å². The highest BCUT2D eigenvalue weighted by molar-refractivity contribution is 5.71. The van der Waals surface area contributed by atoms with Crippen LogP contribution in [0.15, 0.2) is 60.9 Å². The van der Waals surface area contributed by atoms with Crippen LogP contribution in [-0.2, 0) is 6.54 Å². The second kappa shape index (κ2) is 6.87. The molecule has 2 heterocycles. The van der Waals surface area contributed by atoms with Gasteiger partial charge in [-0.05, 0) is 30.2 Å². The molecule has 1 aromatic carbocycles. The van der Waals surface area contributed by atoms with E-state index in [1.165, 1.54) is 6.07 Å². The zero-order valence-corrected chi connectivity index (χ0v) is 13.1. The van der Waals surface area contributed by atoms with E-state index in [0.717, 1.165) is 11.1 Å². The van der Waals surface area contributed by atoms with Gasteiger partial charge in [0.2, 0.25) is 0 Å². The number of aryl methyl sites for hydroxylation is 1. The highest BCUT2D eigenvalue weighted by Crippen LogP contribution is 2.29. The highest BCUT2D eigenvalue weighted by Gasteiger charge is 2.17. The molecule has 0 aliphatic heterocycles. The lowest BCUT2D eigenvalue weighted by molar-refractivity contribution is -0.384. The van der Waals surface area contributed by atoms with E-state index in [-0.39, 0.29) is 5.69 Å². The Bertz CT molecular complexity index is 866. The van der Waals surface area contributed by atoms with Crippen molar-refractivity contribution in [3.63, 3.8) is 0 Å². The number of nitrogens with zero attached hydrogens (tertiary/aromatic N) is 3. The maximum absolute atomic E-state index is 11.3. The third-order valence-electron chi connectivity index (χ3n) is 3.71. The van der Waals surface area contributed by atoms with Crippen LogP contribution in [0.1, 0.15) is 11.1 Å². The largest absolute Gasteiger partial charge is 0.366 e. The van der Waals surface area contributed by atoms with Gasteiger partial charge in [0.1, 0.15) is 5.82 Å². The molecule has 0 bridgehead atoms. The molecule has 0 saturated heterocycles. The Morgan fingerprint density at radius 3 is 2.62 bits per heavy atom. The lowest BCUT2D eigenvalue weighted by atomic mass is 10.1. The van der Waals surface area contributed by atoms with Crippen molar-refractivity contribution >= 4 is 11.5 Å². The SMILES string of the molecule is Cc1cnccc1CNc1ccc([N+](=O)[O-])c(-c2ccccc2)n1. The van der Waals surface area contributed by atoms with Crippen LogP contribution in [0.5, 0.6) is 0 Å². The first kappa shape index (κ1) is 15.6. The highest BCUT2D eigenvalue weighted by atomic mass is 16.6. The van der Waals surface area contributed by atoms with E-state index >= 15 is 0 Å². The molecular weight excluding hydrogens is 304 g/mol. The lowest BCUT2D eigenvalue weighted by Crippen LogP contribution is -2.05. The van der Waals surface area contributed by atoms with Gasteiger partial charge in [-0.1, -0.05) is 30.3 Å². The average molecular weight is 320 g/mol. The number of hydrogen-bond donors (Lipinski definition) is 1. The van der Waals surface area contributed by atoms with E-state index in [0.29, 0.717) is 23.6 Å². The maximum atomic E-state index is 11.3. The van der Waals surface area contributed by atoms with E-state index in [2.05, 4.69) is 15.3 Å². The Morgan fingerprint density at radius 2 is 1.92 bits per heavy atom. The van der Waals surface area contributed by atoms with Gasteiger partial charge in [0.25, 0.3) is 5.69 Å². The smallest absolute Gasteiger partial charge is 0.295 e. The Labute approximate surface area is 139 Å². The summed E-state index contributed by atoms with van der Waals surface area (Å²) in [6.45, 7) is 2.57. The molecule has 3 rings (SSSR count). The van der Waals surface area contributed by atoms with Gasteiger partial charge in [-0.25, -0.2) is 4.98 Å². The van der Waals surface area contributed by atoms with Gasteiger partial charge in [0, 0.05) is 30.6 Å². The lowest BCUT2D eigenvalue weighted by Gasteiger charge is -2.10. The molecule has 120 valence electrons. The van der Waals surface area contributed by atoms with Crippen LogP contribution in [0.4, 0.5) is 11.5 Å². The molecular formula is C18H16N4O2. The molecule has 3 aromatic rings. The van der Waals surface area contributed by atoms with Gasteiger partial charge < -0.3 is 5.32 Å². The van der Waals surface area contributed by atoms with Crippen LogP contribution < -0.4 is 5.32 Å². The molecule has 0 spiro atoms. The van der Waals surface area contributed by atoms with E-state index in [1.54, 1.807) is 18.5 Å². The maximum Gasteiger partial charge on any atom is 0.295 e. The number of anilines is 1. The number of pyridine rings is 2. The summed E-state index contributed by atoms with van der Waals surface area (Å²) in [5.74, 6) is 0.593. The molecule has 6 nitrogen and oxygen atoms in total. The van der Waals surface area contributed by atoms with Gasteiger partial charge in [-0.15, -0.1) is 0 Å². The van der Waals surface area contributed by atoms with Crippen LogP contribution in [0, 0.1) is 17.0 Å². The topological polar surface area (TPSA) is 81.0 Å². The predicted octanol–water partition coefficient (Wildman–Crippen LogP) is 3.97. The van der Waals surface area contributed by atoms with Crippen LogP contribution in [-0.4, -0.2) is 14.9 Å². The molecule has 0 fully saturated rings. The van der Waals surface area contributed by atoms with Gasteiger partial charge >= 0.3 is 0 Å². The second-order valence-corrected chi connectivity index (χ2v) is 5.34. The van der Waals surface area contributed by atoms with Crippen molar-refractivity contribution in [2.75, 3.05) is 5.32 Å². The van der Waals surface area contributed by atoms with Gasteiger partial charge in [0.15, 0.2) is 5.69 Å². The van der Waals surface area contributed by atoms with E-state index < -0.39 is 4.92 Å². The Morgan fingerprint density at radius 1 is 1.12 bits per heavy atom. The second-order valence-electron chi connectivity index (χ2n) is 5.34. The summed E-state index contributed by atoms with van der Waals surface area (Å²) < 4.78 is 0. The van der Waals surface area contributed by atoms with E-state index in [1.807, 2.05) is 43.3 Å².